The molecule has 0 aliphatic carbocycles. The van der Waals surface area contributed by atoms with Crippen LogP contribution in [0.4, 0.5) is 16.3 Å². The van der Waals surface area contributed by atoms with E-state index >= 15 is 0 Å². The van der Waals surface area contributed by atoms with Crippen LogP contribution in [-0.2, 0) is 0 Å². The number of hydrogen-bond donors (Lipinski definition) is 2. The van der Waals surface area contributed by atoms with Gasteiger partial charge in [0, 0.05) is 29.8 Å². The third-order valence-electron chi connectivity index (χ3n) is 4.49. The number of nitrogens with zero attached hydrogens (tertiary/aromatic N) is 2. The molecule has 0 fully saturated rings. The highest BCUT2D eigenvalue weighted by molar-refractivity contribution is 6.34. The van der Waals surface area contributed by atoms with E-state index in [1.165, 1.54) is 0 Å². The van der Waals surface area contributed by atoms with E-state index in [2.05, 4.69) is 20.8 Å². The molecule has 0 saturated carbocycles. The van der Waals surface area contributed by atoms with Crippen LogP contribution < -0.4 is 24.8 Å². The zero-order chi connectivity index (χ0) is 22.7. The molecule has 0 saturated heterocycles. The summed E-state index contributed by atoms with van der Waals surface area (Å²) in [7, 11) is 3.13. The lowest BCUT2D eigenvalue weighted by molar-refractivity contribution is 0.262. The monoisotopic (exact) mass is 472 g/mol. The Balaban J connectivity index is 0.00000306. The first kappa shape index (κ1) is 23.6. The Morgan fingerprint density at radius 2 is 1.76 bits per heavy atom. The number of carbonyl (C=O) groups excluding carboxylic acids is 1. The van der Waals surface area contributed by atoms with Crippen molar-refractivity contribution in [3.63, 3.8) is 0 Å². The molecule has 0 bridgehead atoms. The summed E-state index contributed by atoms with van der Waals surface area (Å²) in [6.45, 7) is 1.73. The normalized spacial score (nSPS) is 10.3. The molecule has 172 valence electrons. The molecule has 4 aromatic rings. The number of pyridine rings is 1. The van der Waals surface area contributed by atoms with Crippen molar-refractivity contribution in [2.75, 3.05) is 24.9 Å². The summed E-state index contributed by atoms with van der Waals surface area (Å²) >= 11 is 6.35. The standard InChI is InChI=1S/C22H19ClN4O5.H2O/c1-12-8-21(27-32-12)26-22(28)25-16-5-4-13(9-15(16)23)31-18-6-7-24-17-11-20(30-3)19(29-2)10-14(17)18;/h4-11H,1-3H3,(H2,25,26,27,28);1H2. The molecule has 4 rings (SSSR count). The number of methoxy groups -OCH3 is 2. The lowest BCUT2D eigenvalue weighted by Crippen LogP contribution is -2.19. The Hall–Kier alpha value is -4.02. The molecule has 2 amide bonds. The zero-order valence-electron chi connectivity index (χ0n) is 17.9. The summed E-state index contributed by atoms with van der Waals surface area (Å²) in [5, 5.41) is 9.96. The van der Waals surface area contributed by atoms with Crippen LogP contribution in [0.2, 0.25) is 5.02 Å². The first-order valence-electron chi connectivity index (χ1n) is 9.46. The molecular formula is C22H21ClN4O6. The summed E-state index contributed by atoms with van der Waals surface area (Å²) in [4.78, 5) is 16.5. The van der Waals surface area contributed by atoms with Crippen LogP contribution in [0, 0.1) is 6.92 Å². The quantitative estimate of drug-likeness (QED) is 0.410. The van der Waals surface area contributed by atoms with Crippen molar-refractivity contribution in [1.82, 2.24) is 10.1 Å². The van der Waals surface area contributed by atoms with Gasteiger partial charge in [-0.15, -0.1) is 0 Å². The van der Waals surface area contributed by atoms with Gasteiger partial charge >= 0.3 is 6.03 Å². The lowest BCUT2D eigenvalue weighted by atomic mass is 10.2. The Labute approximate surface area is 193 Å². The van der Waals surface area contributed by atoms with Crippen molar-refractivity contribution >= 4 is 40.0 Å². The first-order chi connectivity index (χ1) is 15.5. The Kier molecular flexibility index (Phi) is 7.21. The Morgan fingerprint density at radius 1 is 1.00 bits per heavy atom. The number of hydrogen-bond acceptors (Lipinski definition) is 7. The van der Waals surface area contributed by atoms with Crippen LogP contribution in [0.15, 0.2) is 53.2 Å². The van der Waals surface area contributed by atoms with E-state index < -0.39 is 6.03 Å². The SMILES string of the molecule is COc1cc2nccc(Oc3ccc(NC(=O)Nc4cc(C)on4)c(Cl)c3)c2cc1OC.O. The predicted molar refractivity (Wildman–Crippen MR) is 124 cm³/mol. The van der Waals surface area contributed by atoms with Crippen LogP contribution >= 0.6 is 11.6 Å². The molecule has 0 spiro atoms. The minimum absolute atomic E-state index is 0. The molecule has 0 atom stereocenters. The van der Waals surface area contributed by atoms with E-state index in [1.807, 2.05) is 0 Å². The number of fused-ring (bicyclic) bond motifs is 1. The molecule has 4 N–H and O–H groups in total. The van der Waals surface area contributed by atoms with Crippen LogP contribution in [0.25, 0.3) is 10.9 Å². The molecule has 0 aliphatic heterocycles. The second-order valence-electron chi connectivity index (χ2n) is 6.68. The molecule has 2 heterocycles. The van der Waals surface area contributed by atoms with E-state index in [9.17, 15) is 4.79 Å². The van der Waals surface area contributed by atoms with Crippen molar-refractivity contribution in [3.8, 4) is 23.0 Å². The molecule has 33 heavy (non-hydrogen) atoms. The number of carbonyl (C=O) groups is 1. The van der Waals surface area contributed by atoms with Gasteiger partial charge in [0.25, 0.3) is 0 Å². The largest absolute Gasteiger partial charge is 0.493 e. The summed E-state index contributed by atoms with van der Waals surface area (Å²) in [5.41, 5.74) is 1.09. The smallest absolute Gasteiger partial charge is 0.324 e. The molecule has 0 radical (unpaired) electrons. The molecule has 2 aromatic carbocycles. The van der Waals surface area contributed by atoms with Gasteiger partial charge in [0.2, 0.25) is 0 Å². The van der Waals surface area contributed by atoms with Gasteiger partial charge in [0.1, 0.15) is 17.3 Å². The van der Waals surface area contributed by atoms with Crippen molar-refractivity contribution in [2.45, 2.75) is 6.92 Å². The number of aromatic nitrogens is 2. The predicted octanol–water partition coefficient (Wildman–Crippen LogP) is 4.81. The van der Waals surface area contributed by atoms with E-state index in [-0.39, 0.29) is 5.48 Å². The maximum Gasteiger partial charge on any atom is 0.324 e. The van der Waals surface area contributed by atoms with Crippen LogP contribution in [0.1, 0.15) is 5.76 Å². The highest BCUT2D eigenvalue weighted by Crippen LogP contribution is 2.37. The van der Waals surface area contributed by atoms with Gasteiger partial charge in [-0.1, -0.05) is 16.8 Å². The molecule has 10 nitrogen and oxygen atoms in total. The van der Waals surface area contributed by atoms with Gasteiger partial charge in [0.05, 0.1) is 30.4 Å². The van der Waals surface area contributed by atoms with E-state index in [4.69, 9.17) is 30.3 Å². The molecule has 2 aromatic heterocycles. The second kappa shape index (κ2) is 10.1. The van der Waals surface area contributed by atoms with Gasteiger partial charge in [0.15, 0.2) is 17.3 Å². The number of aryl methyl sites for hydroxylation is 1. The van der Waals surface area contributed by atoms with E-state index in [0.29, 0.717) is 50.8 Å². The zero-order valence-corrected chi connectivity index (χ0v) is 18.7. The van der Waals surface area contributed by atoms with Crippen LogP contribution in [-0.4, -0.2) is 35.9 Å². The Bertz CT molecular complexity index is 1290. The number of amides is 2. The van der Waals surface area contributed by atoms with Gasteiger partial charge < -0.3 is 29.5 Å². The molecule has 11 heteroatoms. The first-order valence-corrected chi connectivity index (χ1v) is 9.84. The topological polar surface area (TPSA) is 139 Å². The highest BCUT2D eigenvalue weighted by atomic mass is 35.5. The third kappa shape index (κ3) is 5.25. The Morgan fingerprint density at radius 3 is 2.42 bits per heavy atom. The van der Waals surface area contributed by atoms with Crippen LogP contribution in [0.3, 0.4) is 0 Å². The fourth-order valence-electron chi connectivity index (χ4n) is 3.02. The molecular weight excluding hydrogens is 452 g/mol. The number of benzene rings is 2. The minimum Gasteiger partial charge on any atom is -0.493 e. The van der Waals surface area contributed by atoms with Crippen molar-refractivity contribution in [3.05, 3.63) is 59.4 Å². The average molecular weight is 473 g/mol. The van der Waals surface area contributed by atoms with Gasteiger partial charge in [-0.25, -0.2) is 4.79 Å². The highest BCUT2D eigenvalue weighted by Gasteiger charge is 2.13. The number of ether oxygens (including phenoxy) is 3. The van der Waals surface area contributed by atoms with Crippen molar-refractivity contribution in [2.24, 2.45) is 0 Å². The van der Waals surface area contributed by atoms with Crippen molar-refractivity contribution < 1.29 is 29.0 Å². The average Bonchev–Trinajstić information content (AvgIpc) is 3.19. The van der Waals surface area contributed by atoms with E-state index in [0.717, 1.165) is 5.39 Å². The summed E-state index contributed by atoms with van der Waals surface area (Å²) < 4.78 is 21.7. The maximum absolute atomic E-state index is 12.2. The van der Waals surface area contributed by atoms with Gasteiger partial charge in [-0.05, 0) is 31.2 Å². The second-order valence-corrected chi connectivity index (χ2v) is 7.09. The van der Waals surface area contributed by atoms with Gasteiger partial charge in [-0.2, -0.15) is 0 Å². The van der Waals surface area contributed by atoms with Crippen LogP contribution in [0.5, 0.6) is 23.0 Å². The summed E-state index contributed by atoms with van der Waals surface area (Å²) in [6.07, 6.45) is 1.64. The maximum atomic E-state index is 12.2. The van der Waals surface area contributed by atoms with E-state index in [1.54, 1.807) is 69.8 Å². The fourth-order valence-corrected chi connectivity index (χ4v) is 3.24. The number of anilines is 2. The van der Waals surface area contributed by atoms with Gasteiger partial charge in [-0.3, -0.25) is 10.3 Å². The number of halogens is 1. The molecule has 0 unspecified atom stereocenters. The number of nitrogens with one attached hydrogen (secondary N) is 2. The number of urea groups is 1. The third-order valence-corrected chi connectivity index (χ3v) is 4.81. The molecule has 0 aliphatic rings. The fraction of sp³-hybridized carbons (Fsp3) is 0.136. The minimum atomic E-state index is -0.505. The number of rotatable bonds is 6. The summed E-state index contributed by atoms with van der Waals surface area (Å²) in [5.74, 6) is 3.06. The lowest BCUT2D eigenvalue weighted by Gasteiger charge is -2.13. The summed E-state index contributed by atoms with van der Waals surface area (Å²) in [6, 6.07) is 11.3. The van der Waals surface area contributed by atoms with Crippen molar-refractivity contribution in [1.29, 1.82) is 0 Å².